The van der Waals surface area contributed by atoms with Crippen LogP contribution in [0.5, 0.6) is 0 Å². The highest BCUT2D eigenvalue weighted by Gasteiger charge is 2.48. The molecule has 2 saturated heterocycles. The van der Waals surface area contributed by atoms with E-state index in [0.717, 1.165) is 42.7 Å². The summed E-state index contributed by atoms with van der Waals surface area (Å²) in [5.74, 6) is -0.342. The standard InChI is InChI=1S/C32H44N4O5S/c1-24(2)34-17-13-26(14-18-34)30(37)33-28(22-41-21-25-9-5-4-6-10-25)31(38)35-19-15-32(16-20-35)23-36(42(3,39)40)29-12-8-7-11-27(29)32/h4-12,24,26,28H,13-23H2,1-3H3,(H,33,37)/t28-/m1/s1. The molecule has 0 radical (unpaired) electrons. The SMILES string of the molecule is CC(C)N1CCC(C(=O)N[C@H](COCc2ccccc2)C(=O)N2CCC3(CC2)CN(S(C)(=O)=O)c2ccccc23)CC1. The van der Waals surface area contributed by atoms with Crippen LogP contribution in [-0.2, 0) is 36.4 Å². The maximum atomic E-state index is 13.9. The molecule has 3 heterocycles. The minimum absolute atomic E-state index is 0.0814. The number of hydrogen-bond donors (Lipinski definition) is 1. The van der Waals surface area contributed by atoms with Crippen molar-refractivity contribution in [1.82, 2.24) is 15.1 Å². The van der Waals surface area contributed by atoms with Gasteiger partial charge < -0.3 is 19.9 Å². The maximum Gasteiger partial charge on any atom is 0.247 e. The van der Waals surface area contributed by atoms with Gasteiger partial charge in [0, 0.05) is 37.0 Å². The molecule has 2 aromatic carbocycles. The number of fused-ring (bicyclic) bond motifs is 2. The Morgan fingerprint density at radius 2 is 1.62 bits per heavy atom. The van der Waals surface area contributed by atoms with Crippen molar-refractivity contribution in [3.05, 3.63) is 65.7 Å². The fourth-order valence-corrected chi connectivity index (χ4v) is 7.69. The minimum atomic E-state index is -3.41. The molecule has 1 N–H and O–H groups in total. The topological polar surface area (TPSA) is 99.3 Å². The Bertz CT molecular complexity index is 1350. The van der Waals surface area contributed by atoms with E-state index >= 15 is 0 Å². The molecule has 1 spiro atoms. The lowest BCUT2D eigenvalue weighted by Crippen LogP contribution is -2.56. The lowest BCUT2D eigenvalue weighted by molar-refractivity contribution is -0.141. The summed E-state index contributed by atoms with van der Waals surface area (Å²) < 4.78 is 32.6. The average molecular weight is 597 g/mol. The van der Waals surface area contributed by atoms with E-state index in [1.807, 2.05) is 59.5 Å². The van der Waals surface area contributed by atoms with E-state index in [4.69, 9.17) is 4.74 Å². The van der Waals surface area contributed by atoms with Crippen LogP contribution in [0.2, 0.25) is 0 Å². The zero-order valence-electron chi connectivity index (χ0n) is 25.0. The van der Waals surface area contributed by atoms with Crippen molar-refractivity contribution in [3.63, 3.8) is 0 Å². The summed E-state index contributed by atoms with van der Waals surface area (Å²) >= 11 is 0. The Morgan fingerprint density at radius 1 is 0.976 bits per heavy atom. The van der Waals surface area contributed by atoms with Crippen LogP contribution in [0.4, 0.5) is 5.69 Å². The van der Waals surface area contributed by atoms with E-state index < -0.39 is 16.1 Å². The number of carbonyl (C=O) groups is 2. The van der Waals surface area contributed by atoms with Gasteiger partial charge in [0.2, 0.25) is 21.8 Å². The van der Waals surface area contributed by atoms with Crippen LogP contribution in [0, 0.1) is 5.92 Å². The minimum Gasteiger partial charge on any atom is -0.374 e. The number of likely N-dealkylation sites (tertiary alicyclic amines) is 2. The molecule has 0 aliphatic carbocycles. The van der Waals surface area contributed by atoms with Crippen LogP contribution in [0.25, 0.3) is 0 Å². The van der Waals surface area contributed by atoms with Gasteiger partial charge in [0.1, 0.15) is 6.04 Å². The highest BCUT2D eigenvalue weighted by atomic mass is 32.2. The van der Waals surface area contributed by atoms with Gasteiger partial charge >= 0.3 is 0 Å². The smallest absolute Gasteiger partial charge is 0.247 e. The van der Waals surface area contributed by atoms with Crippen molar-refractivity contribution >= 4 is 27.5 Å². The van der Waals surface area contributed by atoms with Gasteiger partial charge in [-0.15, -0.1) is 0 Å². The summed E-state index contributed by atoms with van der Waals surface area (Å²) in [7, 11) is -3.41. The van der Waals surface area contributed by atoms with Gasteiger partial charge in [0.15, 0.2) is 0 Å². The molecule has 2 fully saturated rings. The van der Waals surface area contributed by atoms with Crippen molar-refractivity contribution in [2.75, 3.05) is 49.9 Å². The lowest BCUT2D eigenvalue weighted by atomic mass is 9.74. The normalized spacial score (nSPS) is 20.1. The lowest BCUT2D eigenvalue weighted by Gasteiger charge is -2.41. The number of benzene rings is 2. The molecule has 10 heteroatoms. The van der Waals surface area contributed by atoms with E-state index in [1.54, 1.807) is 0 Å². The van der Waals surface area contributed by atoms with Crippen LogP contribution >= 0.6 is 0 Å². The van der Waals surface area contributed by atoms with Crippen molar-refractivity contribution in [3.8, 4) is 0 Å². The molecular weight excluding hydrogens is 552 g/mol. The molecule has 9 nitrogen and oxygen atoms in total. The van der Waals surface area contributed by atoms with Gasteiger partial charge in [-0.1, -0.05) is 48.5 Å². The number of carbonyl (C=O) groups excluding carboxylic acids is 2. The largest absolute Gasteiger partial charge is 0.374 e. The third-order valence-corrected chi connectivity index (χ3v) is 10.4. The molecular formula is C32H44N4O5S. The van der Waals surface area contributed by atoms with E-state index in [-0.39, 0.29) is 29.8 Å². The highest BCUT2D eigenvalue weighted by molar-refractivity contribution is 7.92. The predicted molar refractivity (Wildman–Crippen MR) is 164 cm³/mol. The molecule has 42 heavy (non-hydrogen) atoms. The summed E-state index contributed by atoms with van der Waals surface area (Å²) in [6.07, 6.45) is 4.11. The number of nitrogens with zero attached hydrogens (tertiary/aromatic N) is 3. The number of nitrogens with one attached hydrogen (secondary N) is 1. The van der Waals surface area contributed by atoms with E-state index in [9.17, 15) is 18.0 Å². The fourth-order valence-electron chi connectivity index (χ4n) is 6.69. The van der Waals surface area contributed by atoms with Crippen LogP contribution in [0.3, 0.4) is 0 Å². The van der Waals surface area contributed by atoms with Crippen LogP contribution < -0.4 is 9.62 Å². The first kappa shape index (κ1) is 30.5. The molecule has 228 valence electrons. The van der Waals surface area contributed by atoms with E-state index in [0.29, 0.717) is 45.1 Å². The molecule has 2 amide bonds. The van der Waals surface area contributed by atoms with E-state index in [2.05, 4.69) is 24.1 Å². The molecule has 3 aliphatic rings. The Morgan fingerprint density at radius 3 is 2.26 bits per heavy atom. The summed E-state index contributed by atoms with van der Waals surface area (Å²) in [5.41, 5.74) is 2.45. The van der Waals surface area contributed by atoms with Crippen molar-refractivity contribution in [2.24, 2.45) is 5.92 Å². The van der Waals surface area contributed by atoms with Gasteiger partial charge in [-0.3, -0.25) is 13.9 Å². The van der Waals surface area contributed by atoms with Crippen LogP contribution in [0.15, 0.2) is 54.6 Å². The molecule has 0 bridgehead atoms. The number of ether oxygens (including phenoxy) is 1. The first-order chi connectivity index (χ1) is 20.1. The molecule has 2 aromatic rings. The van der Waals surface area contributed by atoms with Crippen molar-refractivity contribution in [1.29, 1.82) is 0 Å². The first-order valence-corrected chi connectivity index (χ1v) is 16.9. The highest BCUT2D eigenvalue weighted by Crippen LogP contribution is 2.47. The summed E-state index contributed by atoms with van der Waals surface area (Å²) in [6, 6.07) is 17.2. The van der Waals surface area contributed by atoms with E-state index in [1.165, 1.54) is 10.6 Å². The van der Waals surface area contributed by atoms with Crippen molar-refractivity contribution in [2.45, 2.75) is 63.6 Å². The second-order valence-corrected chi connectivity index (χ2v) is 14.3. The number of para-hydroxylation sites is 1. The third kappa shape index (κ3) is 6.66. The maximum absolute atomic E-state index is 13.9. The molecule has 0 unspecified atom stereocenters. The van der Waals surface area contributed by atoms with Gasteiger partial charge in [-0.2, -0.15) is 0 Å². The van der Waals surface area contributed by atoms with Gasteiger partial charge in [-0.05, 0) is 69.8 Å². The van der Waals surface area contributed by atoms with Crippen LogP contribution in [-0.4, -0.2) is 87.7 Å². The number of anilines is 1. The number of piperidine rings is 2. The molecule has 0 saturated carbocycles. The monoisotopic (exact) mass is 596 g/mol. The average Bonchev–Trinajstić information content (AvgIpc) is 3.31. The number of sulfonamides is 1. The molecule has 5 rings (SSSR count). The zero-order valence-corrected chi connectivity index (χ0v) is 25.8. The third-order valence-electron chi connectivity index (χ3n) is 9.26. The first-order valence-electron chi connectivity index (χ1n) is 15.1. The molecule has 1 atom stereocenters. The Hall–Kier alpha value is -2.95. The zero-order chi connectivity index (χ0) is 29.9. The Labute approximate surface area is 250 Å². The summed E-state index contributed by atoms with van der Waals surface area (Å²) in [4.78, 5) is 31.4. The summed E-state index contributed by atoms with van der Waals surface area (Å²) in [5, 5.41) is 3.06. The second kappa shape index (κ2) is 12.7. The van der Waals surface area contributed by atoms with Gasteiger partial charge in [0.05, 0.1) is 25.2 Å². The Kier molecular flexibility index (Phi) is 9.25. The second-order valence-electron chi connectivity index (χ2n) is 12.4. The molecule has 3 aliphatic heterocycles. The predicted octanol–water partition coefficient (Wildman–Crippen LogP) is 3.15. The van der Waals surface area contributed by atoms with Crippen molar-refractivity contribution < 1.29 is 22.7 Å². The number of hydrogen-bond acceptors (Lipinski definition) is 6. The van der Waals surface area contributed by atoms with Gasteiger partial charge in [-0.25, -0.2) is 8.42 Å². The van der Waals surface area contributed by atoms with Gasteiger partial charge in [0.25, 0.3) is 0 Å². The number of amides is 2. The van der Waals surface area contributed by atoms with Crippen LogP contribution in [0.1, 0.15) is 50.7 Å². The quantitative estimate of drug-likeness (QED) is 0.478. The molecule has 0 aromatic heterocycles. The Balaban J connectivity index is 1.26. The summed E-state index contributed by atoms with van der Waals surface area (Å²) in [6.45, 7) is 7.91. The number of rotatable bonds is 9. The fraction of sp³-hybridized carbons (Fsp3) is 0.562.